The molecule has 1 unspecified atom stereocenters. The van der Waals surface area contributed by atoms with Crippen LogP contribution in [0.15, 0.2) is 39.4 Å². The van der Waals surface area contributed by atoms with Crippen molar-refractivity contribution in [2.75, 3.05) is 18.4 Å². The molecule has 1 aromatic carbocycles. The third kappa shape index (κ3) is 3.51. The van der Waals surface area contributed by atoms with Gasteiger partial charge < -0.3 is 15.1 Å². The van der Waals surface area contributed by atoms with Crippen LogP contribution < -0.4 is 10.6 Å². The van der Waals surface area contributed by atoms with E-state index in [-0.39, 0.29) is 11.8 Å². The van der Waals surface area contributed by atoms with Gasteiger partial charge in [-0.25, -0.2) is 4.98 Å². The molecule has 2 N–H and O–H groups in total. The number of anilines is 1. The Bertz CT molecular complexity index is 618. The van der Waals surface area contributed by atoms with Crippen LogP contribution in [-0.4, -0.2) is 24.0 Å². The summed E-state index contributed by atoms with van der Waals surface area (Å²) in [5, 5.41) is 6.12. The molecule has 1 fully saturated rings. The van der Waals surface area contributed by atoms with E-state index in [2.05, 4.69) is 31.5 Å². The molecule has 1 aromatic heterocycles. The van der Waals surface area contributed by atoms with Crippen molar-refractivity contribution in [2.24, 2.45) is 0 Å². The number of amides is 1. The number of piperidine rings is 1. The molecule has 5 nitrogen and oxygen atoms in total. The number of rotatable bonds is 3. The molecule has 2 aromatic rings. The fourth-order valence-corrected chi connectivity index (χ4v) is 2.63. The number of hydrogen-bond donors (Lipinski definition) is 2. The molecular formula is C15H16BrN3O2. The summed E-state index contributed by atoms with van der Waals surface area (Å²) in [4.78, 5) is 16.5. The second-order valence-electron chi connectivity index (χ2n) is 5.08. The molecule has 21 heavy (non-hydrogen) atoms. The number of aromatic nitrogens is 1. The normalized spacial score (nSPS) is 18.4. The lowest BCUT2D eigenvalue weighted by Gasteiger charge is -2.19. The maximum absolute atomic E-state index is 12.1. The van der Waals surface area contributed by atoms with Crippen molar-refractivity contribution in [2.45, 2.75) is 18.8 Å². The lowest BCUT2D eigenvalue weighted by molar-refractivity contribution is 0.102. The lowest BCUT2D eigenvalue weighted by atomic mass is 10.00. The highest BCUT2D eigenvalue weighted by Crippen LogP contribution is 2.23. The number of benzene rings is 1. The zero-order valence-corrected chi connectivity index (χ0v) is 13.0. The van der Waals surface area contributed by atoms with E-state index in [1.165, 1.54) is 6.26 Å². The molecule has 0 saturated carbocycles. The van der Waals surface area contributed by atoms with Crippen LogP contribution in [0.5, 0.6) is 0 Å². The smallest absolute Gasteiger partial charge is 0.277 e. The number of nitrogens with zero attached hydrogens (tertiary/aromatic N) is 1. The number of oxazole rings is 1. The topological polar surface area (TPSA) is 67.2 Å². The minimum atomic E-state index is -0.254. The first-order chi connectivity index (χ1) is 10.2. The van der Waals surface area contributed by atoms with Crippen LogP contribution in [0, 0.1) is 0 Å². The second kappa shape index (κ2) is 6.41. The van der Waals surface area contributed by atoms with Gasteiger partial charge in [-0.2, -0.15) is 0 Å². The Labute approximate surface area is 131 Å². The summed E-state index contributed by atoms with van der Waals surface area (Å²) in [7, 11) is 0. The molecule has 1 aliphatic rings. The number of carbonyl (C=O) groups excluding carboxylic acids is 1. The maximum Gasteiger partial charge on any atom is 0.277 e. The molecule has 0 aliphatic carbocycles. The fraction of sp³-hybridized carbons (Fsp3) is 0.333. The van der Waals surface area contributed by atoms with E-state index >= 15 is 0 Å². The van der Waals surface area contributed by atoms with Crippen LogP contribution in [0.4, 0.5) is 5.69 Å². The van der Waals surface area contributed by atoms with Crippen molar-refractivity contribution in [3.63, 3.8) is 0 Å². The van der Waals surface area contributed by atoms with E-state index in [0.29, 0.717) is 11.6 Å². The van der Waals surface area contributed by atoms with Gasteiger partial charge in [0.05, 0.1) is 0 Å². The lowest BCUT2D eigenvalue weighted by Crippen LogP contribution is -2.28. The van der Waals surface area contributed by atoms with Crippen LogP contribution in [-0.2, 0) is 0 Å². The Hall–Kier alpha value is -1.66. The molecule has 0 bridgehead atoms. The maximum atomic E-state index is 12.1. The van der Waals surface area contributed by atoms with Gasteiger partial charge in [0, 0.05) is 22.6 Å². The van der Waals surface area contributed by atoms with Gasteiger partial charge >= 0.3 is 0 Å². The van der Waals surface area contributed by atoms with E-state index < -0.39 is 0 Å². The summed E-state index contributed by atoms with van der Waals surface area (Å²) in [6.07, 6.45) is 3.58. The van der Waals surface area contributed by atoms with Crippen LogP contribution in [0.1, 0.15) is 35.1 Å². The Morgan fingerprint density at radius 3 is 2.90 bits per heavy atom. The zero-order valence-electron chi connectivity index (χ0n) is 11.4. The molecule has 2 heterocycles. The van der Waals surface area contributed by atoms with Gasteiger partial charge in [0.25, 0.3) is 5.91 Å². The number of halogens is 1. The van der Waals surface area contributed by atoms with Gasteiger partial charge in [-0.05, 0) is 43.7 Å². The average Bonchev–Trinajstić information content (AvgIpc) is 3.00. The summed E-state index contributed by atoms with van der Waals surface area (Å²) < 4.78 is 6.43. The molecule has 1 atom stereocenters. The molecule has 110 valence electrons. The SMILES string of the molecule is O=C(Nc1ccc(Br)cc1)c1coc(C2CCCNC2)n1. The van der Waals surface area contributed by atoms with Crippen molar-refractivity contribution < 1.29 is 9.21 Å². The summed E-state index contributed by atoms with van der Waals surface area (Å²) >= 11 is 3.36. The van der Waals surface area contributed by atoms with Crippen molar-refractivity contribution in [1.29, 1.82) is 0 Å². The standard InChI is InChI=1S/C15H16BrN3O2/c16-11-3-5-12(6-4-11)18-14(20)13-9-21-15(19-13)10-2-1-7-17-8-10/h3-6,9-10,17H,1-2,7-8H2,(H,18,20). The average molecular weight is 350 g/mol. The van der Waals surface area contributed by atoms with Crippen LogP contribution in [0.3, 0.4) is 0 Å². The van der Waals surface area contributed by atoms with Crippen molar-refractivity contribution in [3.05, 3.63) is 46.6 Å². The van der Waals surface area contributed by atoms with E-state index in [0.717, 1.165) is 36.1 Å². The molecule has 6 heteroatoms. The fourth-order valence-electron chi connectivity index (χ4n) is 2.37. The predicted molar refractivity (Wildman–Crippen MR) is 83.4 cm³/mol. The van der Waals surface area contributed by atoms with E-state index in [1.54, 1.807) is 0 Å². The number of nitrogens with one attached hydrogen (secondary N) is 2. The highest BCUT2D eigenvalue weighted by molar-refractivity contribution is 9.10. The van der Waals surface area contributed by atoms with Crippen LogP contribution >= 0.6 is 15.9 Å². The monoisotopic (exact) mass is 349 g/mol. The summed E-state index contributed by atoms with van der Waals surface area (Å²) in [6, 6.07) is 7.40. The molecule has 0 radical (unpaired) electrons. The van der Waals surface area contributed by atoms with Crippen molar-refractivity contribution >= 4 is 27.5 Å². The van der Waals surface area contributed by atoms with Crippen molar-refractivity contribution in [3.8, 4) is 0 Å². The Kier molecular flexibility index (Phi) is 4.36. The first-order valence-electron chi connectivity index (χ1n) is 6.95. The zero-order chi connectivity index (χ0) is 14.7. The van der Waals surface area contributed by atoms with Crippen LogP contribution in [0.2, 0.25) is 0 Å². The minimum Gasteiger partial charge on any atom is -0.448 e. The summed E-state index contributed by atoms with van der Waals surface area (Å²) in [5.41, 5.74) is 1.05. The highest BCUT2D eigenvalue weighted by Gasteiger charge is 2.21. The first-order valence-corrected chi connectivity index (χ1v) is 7.75. The molecule has 1 saturated heterocycles. The molecule has 0 spiro atoms. The van der Waals surface area contributed by atoms with Gasteiger partial charge in [-0.3, -0.25) is 4.79 Å². The molecular weight excluding hydrogens is 334 g/mol. The number of hydrogen-bond acceptors (Lipinski definition) is 4. The van der Waals surface area contributed by atoms with Crippen LogP contribution in [0.25, 0.3) is 0 Å². The second-order valence-corrected chi connectivity index (χ2v) is 5.99. The van der Waals surface area contributed by atoms with Crippen molar-refractivity contribution in [1.82, 2.24) is 10.3 Å². The highest BCUT2D eigenvalue weighted by atomic mass is 79.9. The molecule has 1 aliphatic heterocycles. The Morgan fingerprint density at radius 2 is 2.19 bits per heavy atom. The van der Waals surface area contributed by atoms with E-state index in [9.17, 15) is 4.79 Å². The Morgan fingerprint density at radius 1 is 1.38 bits per heavy atom. The molecule has 1 amide bonds. The van der Waals surface area contributed by atoms with Gasteiger partial charge in [-0.15, -0.1) is 0 Å². The van der Waals surface area contributed by atoms with Gasteiger partial charge in [-0.1, -0.05) is 15.9 Å². The quantitative estimate of drug-likeness (QED) is 0.892. The largest absolute Gasteiger partial charge is 0.448 e. The molecule has 3 rings (SSSR count). The van der Waals surface area contributed by atoms with E-state index in [4.69, 9.17) is 4.42 Å². The third-order valence-corrected chi connectivity index (χ3v) is 4.03. The van der Waals surface area contributed by atoms with Gasteiger partial charge in [0.2, 0.25) is 0 Å². The van der Waals surface area contributed by atoms with Gasteiger partial charge in [0.1, 0.15) is 6.26 Å². The summed E-state index contributed by atoms with van der Waals surface area (Å²) in [6.45, 7) is 1.89. The minimum absolute atomic E-state index is 0.254. The summed E-state index contributed by atoms with van der Waals surface area (Å²) in [5.74, 6) is 0.646. The Balaban J connectivity index is 1.67. The third-order valence-electron chi connectivity index (χ3n) is 3.50. The van der Waals surface area contributed by atoms with Gasteiger partial charge in [0.15, 0.2) is 11.6 Å². The number of carbonyl (C=O) groups is 1. The predicted octanol–water partition coefficient (Wildman–Crippen LogP) is 3.16. The van der Waals surface area contributed by atoms with E-state index in [1.807, 2.05) is 24.3 Å². The first kappa shape index (κ1) is 14.3.